The van der Waals surface area contributed by atoms with Gasteiger partial charge in [0.15, 0.2) is 5.82 Å². The van der Waals surface area contributed by atoms with E-state index < -0.39 is 0 Å². The van der Waals surface area contributed by atoms with E-state index in [-0.39, 0.29) is 0 Å². The van der Waals surface area contributed by atoms with Crippen LogP contribution in [0.5, 0.6) is 0 Å². The molecule has 19 heavy (non-hydrogen) atoms. The highest BCUT2D eigenvalue weighted by Crippen LogP contribution is 2.38. The molecule has 0 saturated heterocycles. The summed E-state index contributed by atoms with van der Waals surface area (Å²) in [5.41, 5.74) is 0. The summed E-state index contributed by atoms with van der Waals surface area (Å²) in [6.45, 7) is 5.60. The van der Waals surface area contributed by atoms with Crippen LogP contribution in [0.15, 0.2) is 16.9 Å². The molecular formula is C13H19N5O. The molecule has 1 saturated carbocycles. The Labute approximate surface area is 112 Å². The van der Waals surface area contributed by atoms with Gasteiger partial charge in [0, 0.05) is 24.4 Å². The Morgan fingerprint density at radius 2 is 2.32 bits per heavy atom. The van der Waals surface area contributed by atoms with Crippen LogP contribution in [0.3, 0.4) is 0 Å². The molecule has 0 atom stereocenters. The Bertz CT molecular complexity index is 541. The molecule has 2 aromatic rings. The van der Waals surface area contributed by atoms with E-state index in [2.05, 4.69) is 38.9 Å². The lowest BCUT2D eigenvalue weighted by molar-refractivity contribution is 0.372. The Morgan fingerprint density at radius 1 is 1.47 bits per heavy atom. The summed E-state index contributed by atoms with van der Waals surface area (Å²) >= 11 is 0. The number of nitrogens with one attached hydrogen (secondary N) is 1. The average Bonchev–Trinajstić information content (AvgIpc) is 2.97. The van der Waals surface area contributed by atoms with Crippen LogP contribution in [0.25, 0.3) is 0 Å². The maximum absolute atomic E-state index is 5.26. The highest BCUT2D eigenvalue weighted by Gasteiger charge is 2.29. The van der Waals surface area contributed by atoms with E-state index in [1.807, 2.05) is 6.20 Å². The summed E-state index contributed by atoms with van der Waals surface area (Å²) in [7, 11) is 0. The summed E-state index contributed by atoms with van der Waals surface area (Å²) < 4.78 is 7.32. The zero-order valence-corrected chi connectivity index (χ0v) is 11.3. The zero-order chi connectivity index (χ0) is 13.2. The average molecular weight is 261 g/mol. The van der Waals surface area contributed by atoms with Crippen molar-refractivity contribution in [1.82, 2.24) is 25.0 Å². The molecule has 0 radical (unpaired) electrons. The van der Waals surface area contributed by atoms with Crippen molar-refractivity contribution in [3.05, 3.63) is 29.9 Å². The lowest BCUT2D eigenvalue weighted by Gasteiger charge is -2.09. The van der Waals surface area contributed by atoms with Gasteiger partial charge in [-0.25, -0.2) is 4.98 Å². The van der Waals surface area contributed by atoms with E-state index in [1.165, 1.54) is 12.8 Å². The fourth-order valence-corrected chi connectivity index (χ4v) is 1.93. The maximum Gasteiger partial charge on any atom is 0.229 e. The highest BCUT2D eigenvalue weighted by molar-refractivity contribution is 5.03. The van der Waals surface area contributed by atoms with Gasteiger partial charge in [0.25, 0.3) is 0 Å². The molecule has 3 rings (SSSR count). The molecule has 0 spiro atoms. The number of hydrogen-bond donors (Lipinski definition) is 1. The molecule has 102 valence electrons. The van der Waals surface area contributed by atoms with Gasteiger partial charge in [-0.3, -0.25) is 0 Å². The lowest BCUT2D eigenvalue weighted by atomic mass is 10.4. The lowest BCUT2D eigenvalue weighted by Crippen LogP contribution is -2.24. The first-order chi connectivity index (χ1) is 9.22. The number of imidazole rings is 1. The first kappa shape index (κ1) is 12.3. The van der Waals surface area contributed by atoms with Gasteiger partial charge in [0.2, 0.25) is 5.89 Å². The van der Waals surface area contributed by atoms with Crippen molar-refractivity contribution in [1.29, 1.82) is 0 Å². The van der Waals surface area contributed by atoms with Gasteiger partial charge in [0.1, 0.15) is 5.82 Å². The Morgan fingerprint density at radius 3 is 3.05 bits per heavy atom. The number of nitrogens with zero attached hydrogens (tertiary/aromatic N) is 4. The molecule has 6 nitrogen and oxygen atoms in total. The molecule has 1 aliphatic carbocycles. The smallest absolute Gasteiger partial charge is 0.229 e. The molecule has 1 N–H and O–H groups in total. The maximum atomic E-state index is 5.26. The number of hydrogen-bond acceptors (Lipinski definition) is 5. The molecule has 2 aromatic heterocycles. The molecule has 1 fully saturated rings. The van der Waals surface area contributed by atoms with Gasteiger partial charge in [-0.2, -0.15) is 4.98 Å². The van der Waals surface area contributed by atoms with Crippen LogP contribution in [0.1, 0.15) is 50.1 Å². The Kier molecular flexibility index (Phi) is 3.33. The van der Waals surface area contributed by atoms with Crippen molar-refractivity contribution < 1.29 is 4.52 Å². The van der Waals surface area contributed by atoms with Gasteiger partial charge in [0.05, 0.1) is 13.1 Å². The minimum atomic E-state index is 0.441. The zero-order valence-electron chi connectivity index (χ0n) is 11.3. The summed E-state index contributed by atoms with van der Waals surface area (Å²) in [4.78, 5) is 8.79. The molecule has 0 aliphatic heterocycles. The second kappa shape index (κ2) is 5.13. The molecule has 1 aliphatic rings. The van der Waals surface area contributed by atoms with E-state index >= 15 is 0 Å². The van der Waals surface area contributed by atoms with Crippen molar-refractivity contribution in [2.24, 2.45) is 0 Å². The number of rotatable bonds is 6. The topological polar surface area (TPSA) is 68.8 Å². The van der Waals surface area contributed by atoms with Crippen LogP contribution in [-0.2, 0) is 13.1 Å². The third kappa shape index (κ3) is 3.01. The molecule has 0 bridgehead atoms. The van der Waals surface area contributed by atoms with Gasteiger partial charge in [-0.1, -0.05) is 19.0 Å². The molecule has 0 amide bonds. The minimum Gasteiger partial charge on any atom is -0.339 e. The van der Waals surface area contributed by atoms with Crippen molar-refractivity contribution >= 4 is 0 Å². The van der Waals surface area contributed by atoms with Crippen molar-refractivity contribution in [3.8, 4) is 0 Å². The van der Waals surface area contributed by atoms with Crippen LogP contribution in [0, 0.1) is 0 Å². The summed E-state index contributed by atoms with van der Waals surface area (Å²) in [5.74, 6) is 3.01. The third-order valence-electron chi connectivity index (χ3n) is 3.19. The van der Waals surface area contributed by atoms with Gasteiger partial charge < -0.3 is 14.4 Å². The normalized spacial score (nSPS) is 15.3. The molecule has 2 heterocycles. The van der Waals surface area contributed by atoms with Crippen molar-refractivity contribution in [3.63, 3.8) is 0 Å². The summed E-state index contributed by atoms with van der Waals surface area (Å²) in [6, 6.07) is 0.441. The predicted molar refractivity (Wildman–Crippen MR) is 69.6 cm³/mol. The molecule has 0 aromatic carbocycles. The van der Waals surface area contributed by atoms with E-state index in [0.29, 0.717) is 18.5 Å². The van der Waals surface area contributed by atoms with Gasteiger partial charge in [-0.05, 0) is 12.8 Å². The molecular weight excluding hydrogens is 242 g/mol. The van der Waals surface area contributed by atoms with E-state index in [1.54, 1.807) is 6.20 Å². The number of aromatic nitrogens is 4. The quantitative estimate of drug-likeness (QED) is 0.857. The monoisotopic (exact) mass is 261 g/mol. The molecule has 6 heteroatoms. The fourth-order valence-electron chi connectivity index (χ4n) is 1.93. The second-order valence-electron chi connectivity index (χ2n) is 5.33. The first-order valence-corrected chi connectivity index (χ1v) is 6.78. The molecule has 0 unspecified atom stereocenters. The summed E-state index contributed by atoms with van der Waals surface area (Å²) in [6.07, 6.45) is 6.11. The highest BCUT2D eigenvalue weighted by atomic mass is 16.5. The third-order valence-corrected chi connectivity index (χ3v) is 3.19. The Hall–Kier alpha value is -1.69. The van der Waals surface area contributed by atoms with Crippen LogP contribution in [0.2, 0.25) is 0 Å². The Balaban J connectivity index is 1.66. The van der Waals surface area contributed by atoms with Crippen molar-refractivity contribution in [2.45, 2.75) is 51.7 Å². The standard InChI is InChI=1S/C13H19N5O/c1-9(2)15-7-12-14-5-6-18(12)8-11-16-13(19-17-11)10-3-4-10/h5-6,9-10,15H,3-4,7-8H2,1-2H3. The van der Waals surface area contributed by atoms with Crippen molar-refractivity contribution in [2.75, 3.05) is 0 Å². The van der Waals surface area contributed by atoms with E-state index in [0.717, 1.165) is 24.1 Å². The first-order valence-electron chi connectivity index (χ1n) is 6.78. The second-order valence-corrected chi connectivity index (χ2v) is 5.33. The predicted octanol–water partition coefficient (Wildman–Crippen LogP) is 1.69. The van der Waals surface area contributed by atoms with E-state index in [4.69, 9.17) is 4.52 Å². The van der Waals surface area contributed by atoms with E-state index in [9.17, 15) is 0 Å². The van der Waals surface area contributed by atoms with Crippen LogP contribution < -0.4 is 5.32 Å². The summed E-state index contributed by atoms with van der Waals surface area (Å²) in [5, 5.41) is 7.39. The SMILES string of the molecule is CC(C)NCc1nccn1Cc1noc(C2CC2)n1. The van der Waals surface area contributed by atoms with Gasteiger partial charge in [-0.15, -0.1) is 0 Å². The van der Waals surface area contributed by atoms with Crippen LogP contribution >= 0.6 is 0 Å². The largest absolute Gasteiger partial charge is 0.339 e. The minimum absolute atomic E-state index is 0.441. The van der Waals surface area contributed by atoms with Gasteiger partial charge >= 0.3 is 0 Å². The van der Waals surface area contributed by atoms with Crippen LogP contribution in [0.4, 0.5) is 0 Å². The fraction of sp³-hybridized carbons (Fsp3) is 0.615. The van der Waals surface area contributed by atoms with Crippen LogP contribution in [-0.4, -0.2) is 25.7 Å².